The average Bonchev–Trinajstić information content (AvgIpc) is 2.79. The van der Waals surface area contributed by atoms with Gasteiger partial charge in [-0.1, -0.05) is 55.6 Å². The van der Waals surface area contributed by atoms with Crippen LogP contribution >= 0.6 is 43.5 Å². The molecule has 3 rings (SSSR count). The van der Waals surface area contributed by atoms with Gasteiger partial charge in [0.15, 0.2) is 0 Å². The molecule has 1 unspecified atom stereocenters. The topological polar surface area (TPSA) is 48.6 Å². The minimum absolute atomic E-state index is 0.0777. The molecule has 3 aromatic rings. The van der Waals surface area contributed by atoms with Crippen LogP contribution in [0.4, 0.5) is 4.39 Å². The summed E-state index contributed by atoms with van der Waals surface area (Å²) >= 11 is 13.0. The summed E-state index contributed by atoms with van der Waals surface area (Å²) < 4.78 is 14.4. The minimum atomic E-state index is -0.467. The van der Waals surface area contributed by atoms with Crippen LogP contribution in [0.15, 0.2) is 39.6 Å². The van der Waals surface area contributed by atoms with Crippen LogP contribution in [0.5, 0.6) is 0 Å². The number of aromatic nitrogens is 2. The molecule has 0 amide bonds. The molecule has 21 heavy (non-hydrogen) atoms. The Balaban J connectivity index is 2.16. The average molecular weight is 434 g/mol. The summed E-state index contributed by atoms with van der Waals surface area (Å²) in [5.41, 5.74) is 2.56. The standard InChI is InChI=1S/C14H8Br2ClFN2O/c15-8-5-11-10(19-14(21)20-11)4-7(8)12(16)6-2-1-3-9(18)13(6)17/h1-5,12H,(H2,19,20,21). The van der Waals surface area contributed by atoms with Gasteiger partial charge in [-0.3, -0.25) is 0 Å². The summed E-state index contributed by atoms with van der Waals surface area (Å²) in [7, 11) is 0. The first-order valence-corrected chi connectivity index (χ1v) is 8.05. The van der Waals surface area contributed by atoms with Gasteiger partial charge >= 0.3 is 5.69 Å². The fraction of sp³-hybridized carbons (Fsp3) is 0.0714. The van der Waals surface area contributed by atoms with Crippen molar-refractivity contribution < 1.29 is 4.39 Å². The van der Waals surface area contributed by atoms with Crippen molar-refractivity contribution in [1.29, 1.82) is 0 Å². The number of fused-ring (bicyclic) bond motifs is 1. The summed E-state index contributed by atoms with van der Waals surface area (Å²) in [4.78, 5) is 16.4. The predicted molar refractivity (Wildman–Crippen MR) is 88.8 cm³/mol. The number of benzene rings is 2. The molecule has 3 nitrogen and oxygen atoms in total. The molecule has 0 radical (unpaired) electrons. The predicted octanol–water partition coefficient (Wildman–Crippen LogP) is 4.90. The summed E-state index contributed by atoms with van der Waals surface area (Å²) in [6, 6.07) is 8.28. The van der Waals surface area contributed by atoms with Crippen molar-refractivity contribution in [2.24, 2.45) is 0 Å². The van der Waals surface area contributed by atoms with Crippen molar-refractivity contribution in [3.05, 3.63) is 67.3 Å². The molecular weight excluding hydrogens is 426 g/mol. The largest absolute Gasteiger partial charge is 0.323 e. The van der Waals surface area contributed by atoms with Gasteiger partial charge in [-0.15, -0.1) is 0 Å². The number of hydrogen-bond acceptors (Lipinski definition) is 1. The minimum Gasteiger partial charge on any atom is -0.306 e. The van der Waals surface area contributed by atoms with Crippen molar-refractivity contribution in [2.75, 3.05) is 0 Å². The molecule has 0 aliphatic rings. The molecule has 0 saturated carbocycles. The number of hydrogen-bond donors (Lipinski definition) is 2. The van der Waals surface area contributed by atoms with Gasteiger partial charge in [0.1, 0.15) is 5.82 Å². The second-order valence-electron chi connectivity index (χ2n) is 4.50. The Morgan fingerprint density at radius 3 is 2.52 bits per heavy atom. The molecule has 0 saturated heterocycles. The molecule has 0 bridgehead atoms. The van der Waals surface area contributed by atoms with Crippen LogP contribution in [0.25, 0.3) is 11.0 Å². The summed E-state index contributed by atoms with van der Waals surface area (Å²) in [6.07, 6.45) is 0. The quantitative estimate of drug-likeness (QED) is 0.554. The van der Waals surface area contributed by atoms with Crippen LogP contribution in [0.2, 0.25) is 5.02 Å². The molecular formula is C14H8Br2ClFN2O. The normalized spacial score (nSPS) is 12.8. The lowest BCUT2D eigenvalue weighted by Gasteiger charge is -2.14. The van der Waals surface area contributed by atoms with Crippen LogP contribution in [-0.2, 0) is 0 Å². The molecule has 1 heterocycles. The van der Waals surface area contributed by atoms with Crippen LogP contribution in [-0.4, -0.2) is 9.97 Å². The van der Waals surface area contributed by atoms with E-state index in [1.165, 1.54) is 6.07 Å². The Hall–Kier alpha value is -1.11. The first-order chi connectivity index (χ1) is 9.97. The van der Waals surface area contributed by atoms with Crippen LogP contribution < -0.4 is 5.69 Å². The molecule has 1 aromatic heterocycles. The molecule has 0 aliphatic carbocycles. The van der Waals surface area contributed by atoms with Gasteiger partial charge < -0.3 is 9.97 Å². The lowest BCUT2D eigenvalue weighted by Crippen LogP contribution is -1.99. The zero-order valence-corrected chi connectivity index (χ0v) is 14.3. The van der Waals surface area contributed by atoms with Gasteiger partial charge in [0.25, 0.3) is 0 Å². The van der Waals surface area contributed by atoms with Gasteiger partial charge in [0.2, 0.25) is 0 Å². The van der Waals surface area contributed by atoms with Crippen molar-refractivity contribution >= 4 is 54.5 Å². The number of imidazole rings is 1. The Kier molecular flexibility index (Phi) is 3.94. The molecule has 2 aromatic carbocycles. The Morgan fingerprint density at radius 1 is 1.14 bits per heavy atom. The van der Waals surface area contributed by atoms with E-state index in [4.69, 9.17) is 11.6 Å². The van der Waals surface area contributed by atoms with Crippen molar-refractivity contribution in [2.45, 2.75) is 4.83 Å². The maximum atomic E-state index is 13.6. The van der Waals surface area contributed by atoms with Gasteiger partial charge in [0, 0.05) is 4.47 Å². The summed E-state index contributed by atoms with van der Waals surface area (Å²) in [5, 5.41) is 0.0777. The zero-order valence-electron chi connectivity index (χ0n) is 10.4. The molecule has 0 fully saturated rings. The van der Waals surface area contributed by atoms with Gasteiger partial charge in [-0.25, -0.2) is 9.18 Å². The molecule has 1 atom stereocenters. The molecule has 0 spiro atoms. The number of aromatic amines is 2. The highest BCUT2D eigenvalue weighted by atomic mass is 79.9. The Bertz CT molecular complexity index is 890. The lowest BCUT2D eigenvalue weighted by molar-refractivity contribution is 0.626. The number of nitrogens with one attached hydrogen (secondary N) is 2. The van der Waals surface area contributed by atoms with E-state index in [1.54, 1.807) is 18.2 Å². The van der Waals surface area contributed by atoms with E-state index in [1.807, 2.05) is 6.07 Å². The highest BCUT2D eigenvalue weighted by Crippen LogP contribution is 2.40. The highest BCUT2D eigenvalue weighted by molar-refractivity contribution is 9.11. The van der Waals surface area contributed by atoms with E-state index >= 15 is 0 Å². The third-order valence-corrected chi connectivity index (χ3v) is 5.23. The fourth-order valence-corrected chi connectivity index (χ4v) is 4.16. The maximum Gasteiger partial charge on any atom is 0.323 e. The van der Waals surface area contributed by atoms with Crippen LogP contribution in [0.3, 0.4) is 0 Å². The molecule has 108 valence electrons. The summed E-state index contributed by atoms with van der Waals surface area (Å²) in [5.74, 6) is -0.467. The monoisotopic (exact) mass is 432 g/mol. The Labute approximate surface area is 140 Å². The smallest absolute Gasteiger partial charge is 0.306 e. The molecule has 0 aliphatic heterocycles. The van der Waals surface area contributed by atoms with E-state index in [2.05, 4.69) is 41.8 Å². The second kappa shape index (κ2) is 5.59. The zero-order chi connectivity index (χ0) is 15.1. The Morgan fingerprint density at radius 2 is 1.81 bits per heavy atom. The fourth-order valence-electron chi connectivity index (χ4n) is 2.15. The third-order valence-electron chi connectivity index (χ3n) is 3.16. The van der Waals surface area contributed by atoms with Crippen molar-refractivity contribution in [3.8, 4) is 0 Å². The van der Waals surface area contributed by atoms with Crippen LogP contribution in [0, 0.1) is 5.82 Å². The second-order valence-corrected chi connectivity index (χ2v) is 6.65. The van der Waals surface area contributed by atoms with E-state index in [-0.39, 0.29) is 15.5 Å². The highest BCUT2D eigenvalue weighted by Gasteiger charge is 2.19. The lowest BCUT2D eigenvalue weighted by atomic mass is 10.0. The number of rotatable bonds is 2. The van der Waals surface area contributed by atoms with Gasteiger partial charge in [-0.2, -0.15) is 0 Å². The first kappa shape index (κ1) is 14.8. The summed E-state index contributed by atoms with van der Waals surface area (Å²) in [6.45, 7) is 0. The molecule has 2 N–H and O–H groups in total. The van der Waals surface area contributed by atoms with Crippen LogP contribution in [0.1, 0.15) is 16.0 Å². The van der Waals surface area contributed by atoms with E-state index in [0.29, 0.717) is 16.6 Å². The third kappa shape index (κ3) is 2.67. The van der Waals surface area contributed by atoms with Crippen molar-refractivity contribution in [1.82, 2.24) is 9.97 Å². The van der Waals surface area contributed by atoms with E-state index < -0.39 is 5.82 Å². The molecule has 7 heteroatoms. The van der Waals surface area contributed by atoms with Gasteiger partial charge in [-0.05, 0) is 29.3 Å². The number of H-pyrrole nitrogens is 2. The number of halogens is 4. The van der Waals surface area contributed by atoms with Gasteiger partial charge in [0.05, 0.1) is 20.9 Å². The first-order valence-electron chi connectivity index (χ1n) is 5.97. The maximum absolute atomic E-state index is 13.6. The van der Waals surface area contributed by atoms with E-state index in [0.717, 1.165) is 10.0 Å². The van der Waals surface area contributed by atoms with E-state index in [9.17, 15) is 9.18 Å². The SMILES string of the molecule is O=c1[nH]c2cc(Br)c(C(Br)c3cccc(F)c3Cl)cc2[nH]1. The number of alkyl halides is 1. The van der Waals surface area contributed by atoms with Crippen molar-refractivity contribution in [3.63, 3.8) is 0 Å².